The fraction of sp³-hybridized carbons (Fsp3) is 0.429. The van der Waals surface area contributed by atoms with Gasteiger partial charge in [-0.2, -0.15) is 0 Å². The molecule has 2 rings (SSSR count). The van der Waals surface area contributed by atoms with Gasteiger partial charge in [0.2, 0.25) is 0 Å². The van der Waals surface area contributed by atoms with Crippen LogP contribution in [-0.2, 0) is 16.1 Å². The van der Waals surface area contributed by atoms with Crippen LogP contribution in [0.25, 0.3) is 0 Å². The van der Waals surface area contributed by atoms with Crippen LogP contribution in [-0.4, -0.2) is 12.2 Å². The molecule has 1 heterocycles. The van der Waals surface area contributed by atoms with Crippen molar-refractivity contribution < 1.29 is 9.47 Å². The van der Waals surface area contributed by atoms with Crippen molar-refractivity contribution in [2.45, 2.75) is 32.7 Å². The van der Waals surface area contributed by atoms with Crippen LogP contribution in [0.15, 0.2) is 42.7 Å². The Balaban J connectivity index is 1.91. The van der Waals surface area contributed by atoms with Gasteiger partial charge in [0.1, 0.15) is 6.10 Å². The molecule has 0 saturated carbocycles. The van der Waals surface area contributed by atoms with E-state index in [-0.39, 0.29) is 12.2 Å². The minimum absolute atomic E-state index is 0.156. The van der Waals surface area contributed by atoms with Crippen LogP contribution in [0.2, 0.25) is 0 Å². The molecule has 2 heteroatoms. The van der Waals surface area contributed by atoms with Gasteiger partial charge in [-0.3, -0.25) is 0 Å². The normalized spacial score (nSPS) is 28.8. The third kappa shape index (κ3) is 2.64. The van der Waals surface area contributed by atoms with E-state index in [1.807, 2.05) is 24.3 Å². The Morgan fingerprint density at radius 1 is 1.19 bits per heavy atom. The van der Waals surface area contributed by atoms with Gasteiger partial charge in [0.05, 0.1) is 19.0 Å². The third-order valence-corrected chi connectivity index (χ3v) is 3.11. The molecule has 16 heavy (non-hydrogen) atoms. The van der Waals surface area contributed by atoms with E-state index in [1.165, 1.54) is 5.56 Å². The zero-order chi connectivity index (χ0) is 11.4. The van der Waals surface area contributed by atoms with E-state index in [9.17, 15) is 0 Å². The largest absolute Gasteiger partial charge is 0.498 e. The van der Waals surface area contributed by atoms with Crippen molar-refractivity contribution in [2.24, 2.45) is 5.92 Å². The van der Waals surface area contributed by atoms with Crippen molar-refractivity contribution in [3.05, 3.63) is 48.2 Å². The van der Waals surface area contributed by atoms with Gasteiger partial charge in [0, 0.05) is 5.92 Å². The molecule has 0 saturated heterocycles. The maximum atomic E-state index is 5.88. The van der Waals surface area contributed by atoms with Gasteiger partial charge in [-0.05, 0) is 18.6 Å². The molecule has 1 aliphatic heterocycles. The second-order valence-corrected chi connectivity index (χ2v) is 4.29. The first-order valence-electron chi connectivity index (χ1n) is 5.75. The van der Waals surface area contributed by atoms with Crippen LogP contribution >= 0.6 is 0 Å². The Hall–Kier alpha value is -1.28. The molecule has 2 nitrogen and oxygen atoms in total. The molecule has 0 aliphatic carbocycles. The van der Waals surface area contributed by atoms with E-state index in [4.69, 9.17) is 9.47 Å². The maximum Gasteiger partial charge on any atom is 0.100 e. The van der Waals surface area contributed by atoms with Gasteiger partial charge in [-0.15, -0.1) is 0 Å². The number of hydrogen-bond donors (Lipinski definition) is 0. The Morgan fingerprint density at radius 2 is 1.94 bits per heavy atom. The highest BCUT2D eigenvalue weighted by molar-refractivity contribution is 5.13. The Morgan fingerprint density at radius 3 is 2.69 bits per heavy atom. The molecule has 0 fully saturated rings. The van der Waals surface area contributed by atoms with Crippen LogP contribution in [0.5, 0.6) is 0 Å². The number of ether oxygens (including phenoxy) is 2. The Kier molecular flexibility index (Phi) is 3.62. The Bertz CT molecular complexity index is 345. The van der Waals surface area contributed by atoms with E-state index in [1.54, 1.807) is 6.26 Å². The molecule has 0 N–H and O–H groups in total. The summed E-state index contributed by atoms with van der Waals surface area (Å²) in [5.74, 6) is 0.397. The summed E-state index contributed by atoms with van der Waals surface area (Å²) in [5, 5.41) is 0. The van der Waals surface area contributed by atoms with Gasteiger partial charge in [0.15, 0.2) is 0 Å². The standard InChI is InChI=1S/C14H18O2/c1-11-12(2)15-9-8-14(11)16-10-13-6-4-3-5-7-13/h3-9,11-12,14H,10H2,1-2H3/t11-,12-,14-/m1/s1. The van der Waals surface area contributed by atoms with Crippen molar-refractivity contribution in [1.29, 1.82) is 0 Å². The lowest BCUT2D eigenvalue weighted by molar-refractivity contribution is -0.0288. The highest BCUT2D eigenvalue weighted by atomic mass is 16.5. The topological polar surface area (TPSA) is 18.5 Å². The SMILES string of the molecule is C[C@@H]1[C@@H](C)OC=C[C@H]1OCc1ccccc1. The lowest BCUT2D eigenvalue weighted by Gasteiger charge is -2.30. The van der Waals surface area contributed by atoms with Crippen LogP contribution < -0.4 is 0 Å². The van der Waals surface area contributed by atoms with E-state index < -0.39 is 0 Å². The van der Waals surface area contributed by atoms with Crippen LogP contribution in [0, 0.1) is 5.92 Å². The summed E-state index contributed by atoms with van der Waals surface area (Å²) in [6.45, 7) is 4.89. The maximum absolute atomic E-state index is 5.88. The summed E-state index contributed by atoms with van der Waals surface area (Å²) in [5.41, 5.74) is 1.21. The molecule has 0 bridgehead atoms. The van der Waals surface area contributed by atoms with Gasteiger partial charge in [0.25, 0.3) is 0 Å². The lowest BCUT2D eigenvalue weighted by atomic mass is 9.97. The van der Waals surface area contributed by atoms with Crippen LogP contribution in [0.4, 0.5) is 0 Å². The monoisotopic (exact) mass is 218 g/mol. The minimum atomic E-state index is 0.156. The summed E-state index contributed by atoms with van der Waals surface area (Å²) in [6.07, 6.45) is 4.13. The minimum Gasteiger partial charge on any atom is -0.498 e. The average Bonchev–Trinajstić information content (AvgIpc) is 2.32. The average molecular weight is 218 g/mol. The Labute approximate surface area is 96.9 Å². The molecule has 1 aromatic carbocycles. The molecule has 0 unspecified atom stereocenters. The molecule has 0 amide bonds. The summed E-state index contributed by atoms with van der Waals surface area (Å²) >= 11 is 0. The van der Waals surface area contributed by atoms with Gasteiger partial charge < -0.3 is 9.47 Å². The van der Waals surface area contributed by atoms with E-state index >= 15 is 0 Å². The zero-order valence-corrected chi connectivity index (χ0v) is 9.80. The molecule has 1 aliphatic rings. The molecule has 86 valence electrons. The second kappa shape index (κ2) is 5.17. The predicted molar refractivity (Wildman–Crippen MR) is 63.9 cm³/mol. The fourth-order valence-corrected chi connectivity index (χ4v) is 1.79. The van der Waals surface area contributed by atoms with Crippen molar-refractivity contribution in [1.82, 2.24) is 0 Å². The molecule has 0 spiro atoms. The highest BCUT2D eigenvalue weighted by Crippen LogP contribution is 2.22. The van der Waals surface area contributed by atoms with Gasteiger partial charge in [-0.1, -0.05) is 37.3 Å². The third-order valence-electron chi connectivity index (χ3n) is 3.11. The predicted octanol–water partition coefficient (Wildman–Crippen LogP) is 3.14. The zero-order valence-electron chi connectivity index (χ0n) is 9.80. The molecular formula is C14H18O2. The molecule has 3 atom stereocenters. The molecule has 0 radical (unpaired) electrons. The molecular weight excluding hydrogens is 200 g/mol. The van der Waals surface area contributed by atoms with Crippen molar-refractivity contribution in [3.63, 3.8) is 0 Å². The van der Waals surface area contributed by atoms with Crippen molar-refractivity contribution >= 4 is 0 Å². The number of hydrogen-bond acceptors (Lipinski definition) is 2. The van der Waals surface area contributed by atoms with Gasteiger partial charge >= 0.3 is 0 Å². The first-order chi connectivity index (χ1) is 7.77. The summed E-state index contributed by atoms with van der Waals surface area (Å²) < 4.78 is 11.3. The van der Waals surface area contributed by atoms with Crippen molar-refractivity contribution in [2.75, 3.05) is 0 Å². The van der Waals surface area contributed by atoms with Crippen LogP contribution in [0.3, 0.4) is 0 Å². The molecule has 1 aromatic rings. The molecule has 0 aromatic heterocycles. The highest BCUT2D eigenvalue weighted by Gasteiger charge is 2.25. The van der Waals surface area contributed by atoms with Gasteiger partial charge in [-0.25, -0.2) is 0 Å². The first kappa shape index (κ1) is 11.2. The summed E-state index contributed by atoms with van der Waals surface area (Å²) in [4.78, 5) is 0. The first-order valence-corrected chi connectivity index (χ1v) is 5.75. The lowest BCUT2D eigenvalue weighted by Crippen LogP contribution is -2.32. The fourth-order valence-electron chi connectivity index (χ4n) is 1.79. The van der Waals surface area contributed by atoms with E-state index in [0.717, 1.165) is 0 Å². The summed E-state index contributed by atoms with van der Waals surface area (Å²) in [7, 11) is 0. The second-order valence-electron chi connectivity index (χ2n) is 4.29. The number of rotatable bonds is 3. The number of benzene rings is 1. The van der Waals surface area contributed by atoms with E-state index in [2.05, 4.69) is 26.0 Å². The van der Waals surface area contributed by atoms with Crippen LogP contribution in [0.1, 0.15) is 19.4 Å². The smallest absolute Gasteiger partial charge is 0.100 e. The van der Waals surface area contributed by atoms with Crippen molar-refractivity contribution in [3.8, 4) is 0 Å². The van der Waals surface area contributed by atoms with E-state index in [0.29, 0.717) is 12.5 Å². The summed E-state index contributed by atoms with van der Waals surface area (Å²) in [6, 6.07) is 10.2. The quantitative estimate of drug-likeness (QED) is 0.776.